The highest BCUT2D eigenvalue weighted by atomic mass is 16.4. The average molecular weight is 286 g/mol. The van der Waals surface area contributed by atoms with Gasteiger partial charge in [0.15, 0.2) is 0 Å². The number of amides is 1. The zero-order chi connectivity index (χ0) is 15.2. The van der Waals surface area contributed by atoms with Gasteiger partial charge in [-0.25, -0.2) is 4.98 Å². The van der Waals surface area contributed by atoms with E-state index in [-0.39, 0.29) is 18.2 Å². The van der Waals surface area contributed by atoms with Gasteiger partial charge in [-0.2, -0.15) is 0 Å². The zero-order valence-corrected chi connectivity index (χ0v) is 11.9. The van der Waals surface area contributed by atoms with Gasteiger partial charge in [0, 0.05) is 18.4 Å². The van der Waals surface area contributed by atoms with Crippen molar-refractivity contribution in [2.45, 2.75) is 19.8 Å². The fourth-order valence-corrected chi connectivity index (χ4v) is 2.13. The number of hydrogen-bond donors (Lipinski definition) is 2. The number of aliphatic carboxylic acids is 1. The Morgan fingerprint density at radius 1 is 1.24 bits per heavy atom. The summed E-state index contributed by atoms with van der Waals surface area (Å²) in [6.07, 6.45) is 0.764. The highest BCUT2D eigenvalue weighted by Crippen LogP contribution is 2.12. The predicted octanol–water partition coefficient (Wildman–Crippen LogP) is 2.47. The van der Waals surface area contributed by atoms with E-state index in [0.717, 1.165) is 10.9 Å². The van der Waals surface area contributed by atoms with Crippen molar-refractivity contribution in [1.82, 2.24) is 10.3 Å². The molecule has 0 fully saturated rings. The maximum Gasteiger partial charge on any atom is 0.303 e. The number of aromatic nitrogens is 1. The average Bonchev–Trinajstić information content (AvgIpc) is 2.50. The molecule has 0 spiro atoms. The first-order valence-electron chi connectivity index (χ1n) is 6.96. The lowest BCUT2D eigenvalue weighted by Gasteiger charge is -2.13. The van der Waals surface area contributed by atoms with E-state index < -0.39 is 5.97 Å². The number of nitrogens with zero attached hydrogens (tertiary/aromatic N) is 1. The highest BCUT2D eigenvalue weighted by molar-refractivity contribution is 5.94. The second-order valence-corrected chi connectivity index (χ2v) is 4.97. The second-order valence-electron chi connectivity index (χ2n) is 4.97. The molecule has 0 radical (unpaired) electrons. The van der Waals surface area contributed by atoms with Crippen LogP contribution in [-0.2, 0) is 4.79 Å². The van der Waals surface area contributed by atoms with Crippen molar-refractivity contribution in [3.05, 3.63) is 42.1 Å². The third-order valence-corrected chi connectivity index (χ3v) is 3.42. The lowest BCUT2D eigenvalue weighted by atomic mass is 10.0. The van der Waals surface area contributed by atoms with E-state index >= 15 is 0 Å². The van der Waals surface area contributed by atoms with E-state index in [2.05, 4.69) is 10.3 Å². The molecule has 1 amide bonds. The minimum atomic E-state index is -0.847. The first-order chi connectivity index (χ1) is 10.1. The maximum atomic E-state index is 12.1. The summed E-state index contributed by atoms with van der Waals surface area (Å²) in [5, 5.41) is 12.5. The van der Waals surface area contributed by atoms with Crippen LogP contribution in [0, 0.1) is 5.92 Å². The Kier molecular flexibility index (Phi) is 4.87. The Bertz CT molecular complexity index is 655. The van der Waals surface area contributed by atoms with Gasteiger partial charge in [0.1, 0.15) is 5.69 Å². The number of carboxylic acid groups (broad SMARTS) is 1. The molecule has 0 aliphatic heterocycles. The number of hydrogen-bond acceptors (Lipinski definition) is 3. The number of carboxylic acids is 1. The van der Waals surface area contributed by atoms with Crippen LogP contribution in [0.15, 0.2) is 36.4 Å². The molecule has 1 aromatic heterocycles. The normalized spacial score (nSPS) is 12.0. The Balaban J connectivity index is 2.03. The first kappa shape index (κ1) is 15.0. The van der Waals surface area contributed by atoms with Crippen molar-refractivity contribution < 1.29 is 14.7 Å². The van der Waals surface area contributed by atoms with Crippen molar-refractivity contribution >= 4 is 22.8 Å². The van der Waals surface area contributed by atoms with Gasteiger partial charge in [0.2, 0.25) is 0 Å². The van der Waals surface area contributed by atoms with Crippen LogP contribution < -0.4 is 5.32 Å². The summed E-state index contributed by atoms with van der Waals surface area (Å²) in [6.45, 7) is 2.25. The Morgan fingerprint density at radius 2 is 2.00 bits per heavy atom. The fraction of sp³-hybridized carbons (Fsp3) is 0.312. The minimum absolute atomic E-state index is 0.0575. The Morgan fingerprint density at radius 3 is 2.71 bits per heavy atom. The summed E-state index contributed by atoms with van der Waals surface area (Å²) >= 11 is 0. The van der Waals surface area contributed by atoms with E-state index in [0.29, 0.717) is 18.7 Å². The number of para-hydroxylation sites is 1. The molecule has 2 aromatic rings. The maximum absolute atomic E-state index is 12.1. The van der Waals surface area contributed by atoms with Crippen LogP contribution in [0.2, 0.25) is 0 Å². The lowest BCUT2D eigenvalue weighted by Crippen LogP contribution is -2.30. The van der Waals surface area contributed by atoms with Crippen LogP contribution in [0.5, 0.6) is 0 Å². The van der Waals surface area contributed by atoms with Gasteiger partial charge in [-0.1, -0.05) is 37.6 Å². The van der Waals surface area contributed by atoms with Gasteiger partial charge in [-0.15, -0.1) is 0 Å². The van der Waals surface area contributed by atoms with E-state index in [9.17, 15) is 9.59 Å². The van der Waals surface area contributed by atoms with Crippen molar-refractivity contribution in [3.63, 3.8) is 0 Å². The molecule has 5 nitrogen and oxygen atoms in total. The number of pyridine rings is 1. The van der Waals surface area contributed by atoms with Crippen molar-refractivity contribution in [3.8, 4) is 0 Å². The highest BCUT2D eigenvalue weighted by Gasteiger charge is 2.14. The predicted molar refractivity (Wildman–Crippen MR) is 80.1 cm³/mol. The number of carbonyl (C=O) groups excluding carboxylic acids is 1. The van der Waals surface area contributed by atoms with Crippen LogP contribution >= 0.6 is 0 Å². The molecular weight excluding hydrogens is 268 g/mol. The Hall–Kier alpha value is -2.43. The van der Waals surface area contributed by atoms with Crippen molar-refractivity contribution in [2.24, 2.45) is 5.92 Å². The summed E-state index contributed by atoms with van der Waals surface area (Å²) in [7, 11) is 0. The van der Waals surface area contributed by atoms with Crippen molar-refractivity contribution in [1.29, 1.82) is 0 Å². The van der Waals surface area contributed by atoms with Gasteiger partial charge in [0.05, 0.1) is 5.52 Å². The van der Waals surface area contributed by atoms with Crippen molar-refractivity contribution in [2.75, 3.05) is 6.54 Å². The third-order valence-electron chi connectivity index (χ3n) is 3.42. The molecule has 5 heteroatoms. The quantitative estimate of drug-likeness (QED) is 0.855. The minimum Gasteiger partial charge on any atom is -0.481 e. The zero-order valence-electron chi connectivity index (χ0n) is 11.9. The van der Waals surface area contributed by atoms with Gasteiger partial charge in [0.25, 0.3) is 5.91 Å². The van der Waals surface area contributed by atoms with E-state index in [4.69, 9.17) is 5.11 Å². The molecule has 2 N–H and O–H groups in total. The van der Waals surface area contributed by atoms with Gasteiger partial charge in [-0.05, 0) is 18.1 Å². The molecule has 110 valence electrons. The third kappa shape index (κ3) is 4.02. The van der Waals surface area contributed by atoms with E-state index in [1.54, 1.807) is 6.07 Å². The summed E-state index contributed by atoms with van der Waals surface area (Å²) in [5.74, 6) is -1.18. The molecule has 0 bridgehead atoms. The largest absolute Gasteiger partial charge is 0.481 e. The van der Waals surface area contributed by atoms with Gasteiger partial charge >= 0.3 is 5.97 Å². The molecule has 2 rings (SSSR count). The molecule has 0 saturated heterocycles. The van der Waals surface area contributed by atoms with Gasteiger partial charge in [-0.3, -0.25) is 9.59 Å². The molecule has 1 heterocycles. The van der Waals surface area contributed by atoms with E-state index in [1.807, 2.05) is 37.3 Å². The second kappa shape index (κ2) is 6.83. The van der Waals surface area contributed by atoms with Crippen LogP contribution in [-0.4, -0.2) is 28.5 Å². The molecule has 1 atom stereocenters. The fourth-order valence-electron chi connectivity index (χ4n) is 2.13. The van der Waals surface area contributed by atoms with Crippen LogP contribution in [0.25, 0.3) is 10.9 Å². The lowest BCUT2D eigenvalue weighted by molar-refractivity contribution is -0.138. The smallest absolute Gasteiger partial charge is 0.303 e. The number of benzene rings is 1. The topological polar surface area (TPSA) is 79.3 Å². The molecule has 0 saturated carbocycles. The number of nitrogens with one attached hydrogen (secondary N) is 1. The summed E-state index contributed by atoms with van der Waals surface area (Å²) in [4.78, 5) is 27.1. The monoisotopic (exact) mass is 286 g/mol. The van der Waals surface area contributed by atoms with E-state index in [1.165, 1.54) is 0 Å². The number of carbonyl (C=O) groups is 2. The summed E-state index contributed by atoms with van der Waals surface area (Å²) in [6, 6.07) is 11.1. The molecular formula is C16H18N2O3. The van der Waals surface area contributed by atoms with Crippen LogP contribution in [0.1, 0.15) is 30.3 Å². The standard InChI is InChI=1S/C16H18N2O3/c1-2-11(9-15(19)20)10-17-16(21)14-8-7-12-5-3-4-6-13(12)18-14/h3-8,11H,2,9-10H2,1H3,(H,17,21)(H,19,20). The summed E-state index contributed by atoms with van der Waals surface area (Å²) in [5.41, 5.74) is 1.11. The molecule has 1 unspecified atom stereocenters. The molecule has 0 aliphatic carbocycles. The summed E-state index contributed by atoms with van der Waals surface area (Å²) < 4.78 is 0. The molecule has 21 heavy (non-hydrogen) atoms. The number of fused-ring (bicyclic) bond motifs is 1. The Labute approximate surface area is 123 Å². The molecule has 1 aromatic carbocycles. The first-order valence-corrected chi connectivity index (χ1v) is 6.96. The van der Waals surface area contributed by atoms with Crippen LogP contribution in [0.3, 0.4) is 0 Å². The molecule has 0 aliphatic rings. The SMILES string of the molecule is CCC(CNC(=O)c1ccc2ccccc2n1)CC(=O)O. The van der Waals surface area contributed by atoms with Gasteiger partial charge < -0.3 is 10.4 Å². The number of rotatable bonds is 6. The van der Waals surface area contributed by atoms with Crippen LogP contribution in [0.4, 0.5) is 0 Å².